The number of methoxy groups -OCH3 is 1. The van der Waals surface area contributed by atoms with Crippen molar-refractivity contribution in [2.75, 3.05) is 20.2 Å². The van der Waals surface area contributed by atoms with Crippen molar-refractivity contribution in [3.05, 3.63) is 23.9 Å². The number of nitrogens with one attached hydrogen (secondary N) is 1. The Morgan fingerprint density at radius 3 is 2.79 bits per heavy atom. The molecule has 4 heteroatoms. The van der Waals surface area contributed by atoms with Crippen molar-refractivity contribution < 1.29 is 4.74 Å². The number of likely N-dealkylation sites (N-methyl/N-ethyl adjacent to an activating group) is 1. The van der Waals surface area contributed by atoms with Crippen molar-refractivity contribution in [1.29, 1.82) is 0 Å². The molecular weight excluding hydrogens is 178 g/mol. The molecule has 4 nitrogen and oxygen atoms in total. The molecule has 0 radical (unpaired) electrons. The highest BCUT2D eigenvalue weighted by atomic mass is 16.5. The van der Waals surface area contributed by atoms with E-state index in [1.807, 2.05) is 12.1 Å². The zero-order valence-corrected chi connectivity index (χ0v) is 8.66. The number of nitrogens with two attached hydrogens (primary N) is 1. The van der Waals surface area contributed by atoms with Crippen LogP contribution in [0.4, 0.5) is 0 Å². The Bertz CT molecular complexity index is 261. The van der Waals surface area contributed by atoms with Gasteiger partial charge < -0.3 is 15.8 Å². The number of rotatable bonds is 5. The minimum atomic E-state index is 0.179. The molecule has 1 rings (SSSR count). The summed E-state index contributed by atoms with van der Waals surface area (Å²) in [5.74, 6) is 0.626. The molecular formula is C10H17N3O. The average molecular weight is 195 g/mol. The van der Waals surface area contributed by atoms with Gasteiger partial charge in [0.25, 0.3) is 0 Å². The Labute approximate surface area is 84.5 Å². The first-order valence-electron chi connectivity index (χ1n) is 4.75. The maximum Gasteiger partial charge on any atom is 0.212 e. The van der Waals surface area contributed by atoms with Crippen LogP contribution in [0.25, 0.3) is 0 Å². The molecule has 0 aliphatic heterocycles. The average Bonchev–Trinajstić information content (AvgIpc) is 2.26. The summed E-state index contributed by atoms with van der Waals surface area (Å²) in [4.78, 5) is 4.13. The molecule has 14 heavy (non-hydrogen) atoms. The predicted molar refractivity (Wildman–Crippen MR) is 56.3 cm³/mol. The van der Waals surface area contributed by atoms with Gasteiger partial charge in [-0.2, -0.15) is 0 Å². The molecule has 0 saturated heterocycles. The lowest BCUT2D eigenvalue weighted by Gasteiger charge is -2.15. The smallest absolute Gasteiger partial charge is 0.212 e. The van der Waals surface area contributed by atoms with E-state index in [4.69, 9.17) is 10.5 Å². The normalized spacial score (nSPS) is 12.5. The molecule has 0 aromatic carbocycles. The van der Waals surface area contributed by atoms with E-state index < -0.39 is 0 Å². The number of pyridine rings is 1. The van der Waals surface area contributed by atoms with E-state index in [2.05, 4.69) is 17.2 Å². The molecule has 1 aromatic heterocycles. The van der Waals surface area contributed by atoms with Crippen molar-refractivity contribution in [3.63, 3.8) is 0 Å². The summed E-state index contributed by atoms with van der Waals surface area (Å²) >= 11 is 0. The third-order valence-electron chi connectivity index (χ3n) is 2.06. The SMILES string of the molecule is CCNC(CN)c1ccc(OC)nc1. The topological polar surface area (TPSA) is 60.2 Å². The molecule has 1 heterocycles. The third-order valence-corrected chi connectivity index (χ3v) is 2.06. The number of nitrogens with zero attached hydrogens (tertiary/aromatic N) is 1. The van der Waals surface area contributed by atoms with Gasteiger partial charge in [-0.25, -0.2) is 4.98 Å². The van der Waals surface area contributed by atoms with Gasteiger partial charge in [0.15, 0.2) is 0 Å². The highest BCUT2D eigenvalue weighted by Crippen LogP contribution is 2.13. The summed E-state index contributed by atoms with van der Waals surface area (Å²) in [6, 6.07) is 4.00. The molecule has 0 bridgehead atoms. The number of ether oxygens (including phenoxy) is 1. The fourth-order valence-electron chi connectivity index (χ4n) is 1.30. The van der Waals surface area contributed by atoms with E-state index in [1.165, 1.54) is 0 Å². The zero-order chi connectivity index (χ0) is 10.4. The van der Waals surface area contributed by atoms with Gasteiger partial charge in [0.1, 0.15) is 0 Å². The Kier molecular flexibility index (Phi) is 4.35. The molecule has 3 N–H and O–H groups in total. The van der Waals surface area contributed by atoms with E-state index in [0.29, 0.717) is 12.4 Å². The maximum absolute atomic E-state index is 5.64. The molecule has 1 atom stereocenters. The predicted octanol–water partition coefficient (Wildman–Crippen LogP) is 0.699. The molecule has 1 unspecified atom stereocenters. The van der Waals surface area contributed by atoms with Gasteiger partial charge in [0, 0.05) is 24.8 Å². The zero-order valence-electron chi connectivity index (χ0n) is 8.66. The van der Waals surface area contributed by atoms with Crippen LogP contribution in [0, 0.1) is 0 Å². The molecule has 0 spiro atoms. The second-order valence-electron chi connectivity index (χ2n) is 2.98. The summed E-state index contributed by atoms with van der Waals surface area (Å²) in [6.45, 7) is 3.52. The molecule has 78 valence electrons. The molecule has 1 aromatic rings. The van der Waals surface area contributed by atoms with Crippen molar-refractivity contribution in [2.24, 2.45) is 5.73 Å². The van der Waals surface area contributed by atoms with Gasteiger partial charge in [-0.05, 0) is 12.1 Å². The van der Waals surface area contributed by atoms with Crippen LogP contribution in [0.1, 0.15) is 18.5 Å². The first kappa shape index (κ1) is 10.9. The van der Waals surface area contributed by atoms with E-state index in [1.54, 1.807) is 13.3 Å². The standard InChI is InChI=1S/C10H17N3O/c1-3-12-9(6-11)8-4-5-10(14-2)13-7-8/h4-5,7,9,12H,3,6,11H2,1-2H3. The van der Waals surface area contributed by atoms with Crippen LogP contribution in [-0.4, -0.2) is 25.2 Å². The highest BCUT2D eigenvalue weighted by molar-refractivity contribution is 5.20. The lowest BCUT2D eigenvalue weighted by Crippen LogP contribution is -2.27. The summed E-state index contributed by atoms with van der Waals surface area (Å²) in [5.41, 5.74) is 6.73. The van der Waals surface area contributed by atoms with Gasteiger partial charge >= 0.3 is 0 Å². The van der Waals surface area contributed by atoms with Crippen LogP contribution >= 0.6 is 0 Å². The van der Waals surface area contributed by atoms with E-state index in [9.17, 15) is 0 Å². The first-order chi connectivity index (χ1) is 6.81. The maximum atomic E-state index is 5.64. The largest absolute Gasteiger partial charge is 0.481 e. The van der Waals surface area contributed by atoms with Crippen LogP contribution in [0.3, 0.4) is 0 Å². The molecule has 0 amide bonds. The van der Waals surface area contributed by atoms with Crippen molar-refractivity contribution >= 4 is 0 Å². The highest BCUT2D eigenvalue weighted by Gasteiger charge is 2.07. The Hall–Kier alpha value is -1.13. The summed E-state index contributed by atoms with van der Waals surface area (Å²) in [7, 11) is 1.60. The van der Waals surface area contributed by atoms with Gasteiger partial charge in [0.2, 0.25) is 5.88 Å². The van der Waals surface area contributed by atoms with E-state index in [0.717, 1.165) is 12.1 Å². The van der Waals surface area contributed by atoms with Crippen LogP contribution in [0.15, 0.2) is 18.3 Å². The fourth-order valence-corrected chi connectivity index (χ4v) is 1.30. The van der Waals surface area contributed by atoms with Gasteiger partial charge in [0.05, 0.1) is 7.11 Å². The van der Waals surface area contributed by atoms with E-state index in [-0.39, 0.29) is 6.04 Å². The quantitative estimate of drug-likeness (QED) is 0.726. The molecule has 0 fully saturated rings. The van der Waals surface area contributed by atoms with Crippen molar-refractivity contribution in [1.82, 2.24) is 10.3 Å². The van der Waals surface area contributed by atoms with Crippen LogP contribution < -0.4 is 15.8 Å². The van der Waals surface area contributed by atoms with Gasteiger partial charge in [-0.15, -0.1) is 0 Å². The summed E-state index contributed by atoms with van der Waals surface area (Å²) in [6.07, 6.45) is 1.79. The fraction of sp³-hybridized carbons (Fsp3) is 0.500. The number of aromatic nitrogens is 1. The Morgan fingerprint density at radius 2 is 2.36 bits per heavy atom. The van der Waals surface area contributed by atoms with Crippen LogP contribution in [-0.2, 0) is 0 Å². The monoisotopic (exact) mass is 195 g/mol. The lowest BCUT2D eigenvalue weighted by molar-refractivity contribution is 0.397. The van der Waals surface area contributed by atoms with Crippen LogP contribution in [0.2, 0.25) is 0 Å². The minimum Gasteiger partial charge on any atom is -0.481 e. The second-order valence-corrected chi connectivity index (χ2v) is 2.98. The minimum absolute atomic E-state index is 0.179. The van der Waals surface area contributed by atoms with Gasteiger partial charge in [-0.3, -0.25) is 0 Å². The van der Waals surface area contributed by atoms with E-state index >= 15 is 0 Å². The Balaban J connectivity index is 2.73. The molecule has 0 saturated carbocycles. The summed E-state index contributed by atoms with van der Waals surface area (Å²) < 4.78 is 4.98. The lowest BCUT2D eigenvalue weighted by atomic mass is 10.1. The molecule has 0 aliphatic carbocycles. The van der Waals surface area contributed by atoms with Crippen molar-refractivity contribution in [3.8, 4) is 5.88 Å². The molecule has 0 aliphatic rings. The van der Waals surface area contributed by atoms with Gasteiger partial charge in [-0.1, -0.05) is 13.0 Å². The Morgan fingerprint density at radius 1 is 1.57 bits per heavy atom. The summed E-state index contributed by atoms with van der Waals surface area (Å²) in [5, 5.41) is 3.28. The second kappa shape index (κ2) is 5.57. The third kappa shape index (κ3) is 2.68. The first-order valence-corrected chi connectivity index (χ1v) is 4.75. The van der Waals surface area contributed by atoms with Crippen LogP contribution in [0.5, 0.6) is 5.88 Å². The number of hydrogen-bond acceptors (Lipinski definition) is 4. The van der Waals surface area contributed by atoms with Crippen molar-refractivity contribution in [2.45, 2.75) is 13.0 Å². The number of hydrogen-bond donors (Lipinski definition) is 2.